The average Bonchev–Trinajstić information content (AvgIpc) is 1.25. The molecule has 0 aliphatic heterocycles. The summed E-state index contributed by atoms with van der Waals surface area (Å²) in [6.45, 7) is 1.94. The summed E-state index contributed by atoms with van der Waals surface area (Å²) in [5.41, 5.74) is 0. The molecular formula is C4H6O4Sn+2. The van der Waals surface area contributed by atoms with Gasteiger partial charge in [-0.15, -0.1) is 0 Å². The summed E-state index contributed by atoms with van der Waals surface area (Å²) in [7, 11) is 0. The molecule has 4 nitrogen and oxygen atoms in total. The number of carbonyl (C=O) groups is 2. The van der Waals surface area contributed by atoms with Crippen molar-refractivity contribution in [2.24, 2.45) is 0 Å². The van der Waals surface area contributed by atoms with Crippen molar-refractivity contribution in [2.75, 3.05) is 0 Å². The second-order valence-electron chi connectivity index (χ2n) is 0.983. The Morgan fingerprint density at radius 3 is 1.00 bits per heavy atom. The van der Waals surface area contributed by atoms with Gasteiger partial charge in [0.25, 0.3) is 0 Å². The van der Waals surface area contributed by atoms with Crippen molar-refractivity contribution in [1.29, 1.82) is 0 Å². The van der Waals surface area contributed by atoms with Crippen LogP contribution in [0.1, 0.15) is 13.8 Å². The van der Waals surface area contributed by atoms with Gasteiger partial charge >= 0.3 is 23.9 Å². The van der Waals surface area contributed by atoms with E-state index in [0.717, 1.165) is 13.8 Å². The van der Waals surface area contributed by atoms with Gasteiger partial charge in [0.1, 0.15) is 0 Å². The van der Waals surface area contributed by atoms with E-state index in [2.05, 4.69) is 0 Å². The van der Waals surface area contributed by atoms with Gasteiger partial charge in [0, 0.05) is 11.9 Å². The van der Waals surface area contributed by atoms with E-state index < -0.39 is 11.9 Å². The zero-order valence-electron chi connectivity index (χ0n) is 5.13. The Kier molecular flexibility index (Phi) is 18.8. The predicted octanol–water partition coefficient (Wildman–Crippen LogP) is -2.87. The van der Waals surface area contributed by atoms with Crippen molar-refractivity contribution in [3.63, 3.8) is 0 Å². The van der Waals surface area contributed by atoms with Crippen molar-refractivity contribution in [1.82, 2.24) is 0 Å². The Bertz CT molecular complexity index is 70.6. The summed E-state index contributed by atoms with van der Waals surface area (Å²) in [6.07, 6.45) is 0. The second-order valence-corrected chi connectivity index (χ2v) is 0.983. The Hall–Kier alpha value is -0.261. The van der Waals surface area contributed by atoms with Gasteiger partial charge in [0.2, 0.25) is 0 Å². The Labute approximate surface area is 69.8 Å². The van der Waals surface area contributed by atoms with Crippen LogP contribution in [0.2, 0.25) is 0 Å². The third-order valence-corrected chi connectivity index (χ3v) is 0. The van der Waals surface area contributed by atoms with Crippen LogP contribution < -0.4 is 10.2 Å². The summed E-state index contributed by atoms with van der Waals surface area (Å²) < 4.78 is 0. The second kappa shape index (κ2) is 10.7. The van der Waals surface area contributed by atoms with E-state index in [1.807, 2.05) is 0 Å². The van der Waals surface area contributed by atoms with E-state index in [-0.39, 0.29) is 23.9 Å². The molecule has 0 aliphatic carbocycles. The molecule has 0 aromatic rings. The van der Waals surface area contributed by atoms with E-state index in [1.165, 1.54) is 0 Å². The van der Waals surface area contributed by atoms with Crippen molar-refractivity contribution in [2.45, 2.75) is 13.8 Å². The molecule has 9 heavy (non-hydrogen) atoms. The van der Waals surface area contributed by atoms with Crippen LogP contribution in [0, 0.1) is 0 Å². The minimum absolute atomic E-state index is 0. The van der Waals surface area contributed by atoms with Crippen LogP contribution in [0.3, 0.4) is 0 Å². The van der Waals surface area contributed by atoms with Crippen LogP contribution in [-0.4, -0.2) is 35.8 Å². The van der Waals surface area contributed by atoms with E-state index >= 15 is 0 Å². The van der Waals surface area contributed by atoms with Gasteiger partial charge in [-0.2, -0.15) is 0 Å². The van der Waals surface area contributed by atoms with Gasteiger partial charge in [0.05, 0.1) is 0 Å². The molecule has 0 saturated heterocycles. The quantitative estimate of drug-likeness (QED) is 0.424. The fourth-order valence-corrected chi connectivity index (χ4v) is 0. The molecular weight excluding hydrogens is 231 g/mol. The molecule has 0 bridgehead atoms. The molecule has 0 saturated carbocycles. The Morgan fingerprint density at radius 1 is 1.00 bits per heavy atom. The maximum atomic E-state index is 8.89. The number of carboxylic acids is 2. The zero-order valence-corrected chi connectivity index (χ0v) is 7.99. The molecule has 0 aliphatic rings. The third-order valence-electron chi connectivity index (χ3n) is 0. The number of aliphatic carboxylic acids is 2. The normalized spacial score (nSPS) is 5.56. The molecule has 0 aromatic carbocycles. The van der Waals surface area contributed by atoms with Gasteiger partial charge in [-0.25, -0.2) is 0 Å². The number of rotatable bonds is 0. The maximum Gasteiger partial charge on any atom is 4.00 e. The molecule has 0 atom stereocenters. The van der Waals surface area contributed by atoms with Gasteiger partial charge in [-0.1, -0.05) is 0 Å². The molecule has 0 radical (unpaired) electrons. The van der Waals surface area contributed by atoms with Crippen LogP contribution in [0.15, 0.2) is 0 Å². The number of carbonyl (C=O) groups excluding carboxylic acids is 2. The smallest absolute Gasteiger partial charge is 0.550 e. The van der Waals surface area contributed by atoms with Crippen LogP contribution in [-0.2, 0) is 9.59 Å². The SMILES string of the molecule is CC(=O)[O-].CC(=O)[O-].[Sn+4]. The van der Waals surface area contributed by atoms with Crippen molar-refractivity contribution in [3.8, 4) is 0 Å². The van der Waals surface area contributed by atoms with Crippen LogP contribution >= 0.6 is 0 Å². The Balaban J connectivity index is -0.0000000720. The van der Waals surface area contributed by atoms with Gasteiger partial charge < -0.3 is 19.8 Å². The molecule has 0 N–H and O–H groups in total. The minimum Gasteiger partial charge on any atom is -0.550 e. The predicted molar refractivity (Wildman–Crippen MR) is 27.1 cm³/mol. The monoisotopic (exact) mass is 238 g/mol. The first-order chi connectivity index (χ1) is 3.46. The summed E-state index contributed by atoms with van der Waals surface area (Å²) in [4.78, 5) is 17.8. The topological polar surface area (TPSA) is 80.3 Å². The standard InChI is InChI=1S/2C2H4O2.Sn/c2*1-2(3)4;/h2*1H3,(H,3,4);/q;;+4/p-2. The largest absolute Gasteiger partial charge is 4.00 e. The van der Waals surface area contributed by atoms with Crippen LogP contribution in [0.5, 0.6) is 0 Å². The minimum atomic E-state index is -1.08. The molecule has 0 aromatic heterocycles. The summed E-state index contributed by atoms with van der Waals surface area (Å²) in [5.74, 6) is -2.17. The van der Waals surface area contributed by atoms with E-state index in [4.69, 9.17) is 19.8 Å². The van der Waals surface area contributed by atoms with Gasteiger partial charge in [-0.3, -0.25) is 0 Å². The van der Waals surface area contributed by atoms with E-state index in [1.54, 1.807) is 0 Å². The molecule has 5 heteroatoms. The molecule has 0 heterocycles. The third kappa shape index (κ3) is 3730. The fraction of sp³-hybridized carbons (Fsp3) is 0.500. The summed E-state index contributed by atoms with van der Waals surface area (Å²) in [5, 5.41) is 17.8. The van der Waals surface area contributed by atoms with Crippen molar-refractivity contribution >= 4 is 35.8 Å². The maximum absolute atomic E-state index is 8.89. The molecule has 0 unspecified atom stereocenters. The first kappa shape index (κ1) is 15.9. The van der Waals surface area contributed by atoms with Crippen molar-refractivity contribution < 1.29 is 19.8 Å². The molecule has 0 amide bonds. The van der Waals surface area contributed by atoms with Gasteiger partial charge in [0.15, 0.2) is 0 Å². The van der Waals surface area contributed by atoms with Crippen molar-refractivity contribution in [3.05, 3.63) is 0 Å². The molecule has 0 fully saturated rings. The van der Waals surface area contributed by atoms with E-state index in [0.29, 0.717) is 0 Å². The first-order valence-corrected chi connectivity index (χ1v) is 1.82. The summed E-state index contributed by atoms with van der Waals surface area (Å²) in [6, 6.07) is 0. The molecule has 0 spiro atoms. The molecule has 0 rings (SSSR count). The van der Waals surface area contributed by atoms with Crippen LogP contribution in [0.4, 0.5) is 0 Å². The fourth-order valence-electron chi connectivity index (χ4n) is 0. The van der Waals surface area contributed by atoms with Gasteiger partial charge in [-0.05, 0) is 13.8 Å². The van der Waals surface area contributed by atoms with Crippen LogP contribution in [0.25, 0.3) is 0 Å². The Morgan fingerprint density at radius 2 is 1.00 bits per heavy atom. The number of carboxylic acid groups (broad SMARTS) is 2. The number of hydrogen-bond donors (Lipinski definition) is 0. The number of hydrogen-bond acceptors (Lipinski definition) is 4. The summed E-state index contributed by atoms with van der Waals surface area (Å²) >= 11 is 0. The molecule has 48 valence electrons. The average molecular weight is 237 g/mol. The van der Waals surface area contributed by atoms with E-state index in [9.17, 15) is 0 Å². The zero-order chi connectivity index (χ0) is 7.15. The first-order valence-electron chi connectivity index (χ1n) is 1.82.